The van der Waals surface area contributed by atoms with Gasteiger partial charge in [-0.3, -0.25) is 0 Å². The van der Waals surface area contributed by atoms with Crippen LogP contribution in [-0.4, -0.2) is 116 Å². The molecule has 12 rings (SSSR count). The van der Waals surface area contributed by atoms with E-state index in [2.05, 4.69) is 171 Å². The number of hydrogen-bond acceptors (Lipinski definition) is 14. The molecule has 0 aromatic heterocycles. The predicted octanol–water partition coefficient (Wildman–Crippen LogP) is 15.3. The summed E-state index contributed by atoms with van der Waals surface area (Å²) in [6, 6.07) is 23.2. The maximum atomic E-state index is 10.3. The van der Waals surface area contributed by atoms with Gasteiger partial charge in [-0.15, -0.1) is 0 Å². The van der Waals surface area contributed by atoms with E-state index < -0.39 is 5.41 Å². The lowest BCUT2D eigenvalue weighted by Gasteiger charge is -2.33. The molecule has 14 nitrogen and oxygen atoms in total. The SMILES string of the molecule is COCCOc1cc2c(cc1OCCOC)C1(CC(C)(C)c3cc(CCOCO)c(CCOCO)cc31)CC2(C)C.COc1cc2c(c(OC)c1OC)C1(CC(C)(C)c3cc(CO)c(CO)c(OC)c31)CC2(C)C.Cc1cc2c(cc1C)C1(CC2(C)C)CC(C)(C)c2cc(C)c(C)cc21. The number of aliphatic hydroxyl groups is 4. The Bertz CT molecular complexity index is 3720. The minimum Gasteiger partial charge on any atom is -0.496 e. The summed E-state index contributed by atoms with van der Waals surface area (Å²) in [5, 5.41) is 38.7. The zero-order valence-electron chi connectivity index (χ0n) is 63.9. The topological polar surface area (TPSA) is 173 Å². The Morgan fingerprint density at radius 3 is 1.03 bits per heavy atom. The van der Waals surface area contributed by atoms with Crippen LogP contribution in [0.3, 0.4) is 0 Å². The molecule has 0 bridgehead atoms. The Morgan fingerprint density at radius 1 is 0.313 bits per heavy atom. The van der Waals surface area contributed by atoms with Gasteiger partial charge in [0, 0.05) is 47.2 Å². The number of benzene rings is 6. The van der Waals surface area contributed by atoms with Crippen molar-refractivity contribution in [3.8, 4) is 34.5 Å². The van der Waals surface area contributed by atoms with Crippen LogP contribution in [-0.2, 0) is 93.7 Å². The van der Waals surface area contributed by atoms with E-state index in [0.29, 0.717) is 86.6 Å². The summed E-state index contributed by atoms with van der Waals surface area (Å²) in [4.78, 5) is 0. The van der Waals surface area contributed by atoms with Gasteiger partial charge in [-0.05, 0) is 224 Å². The van der Waals surface area contributed by atoms with Gasteiger partial charge < -0.3 is 67.8 Å². The zero-order chi connectivity index (χ0) is 72.4. The summed E-state index contributed by atoms with van der Waals surface area (Å²) in [7, 11) is 9.92. The largest absolute Gasteiger partial charge is 0.496 e. The average Bonchev–Trinajstić information content (AvgIpc) is 1.82. The lowest BCUT2D eigenvalue weighted by atomic mass is 9.71. The molecule has 14 heteroatoms. The second-order valence-electron chi connectivity index (χ2n) is 33.2. The van der Waals surface area contributed by atoms with E-state index in [9.17, 15) is 20.4 Å². The molecule has 99 heavy (non-hydrogen) atoms. The molecule has 2 atom stereocenters. The highest BCUT2D eigenvalue weighted by molar-refractivity contribution is 5.74. The molecule has 6 aliphatic rings. The van der Waals surface area contributed by atoms with E-state index in [1.807, 2.05) is 0 Å². The summed E-state index contributed by atoms with van der Waals surface area (Å²) < 4.78 is 57.0. The van der Waals surface area contributed by atoms with Crippen LogP contribution in [0, 0.1) is 27.7 Å². The second-order valence-corrected chi connectivity index (χ2v) is 33.2. The van der Waals surface area contributed by atoms with Crippen molar-refractivity contribution in [2.24, 2.45) is 0 Å². The molecule has 6 aromatic rings. The van der Waals surface area contributed by atoms with Gasteiger partial charge in [-0.25, -0.2) is 0 Å². The number of hydrogen-bond donors (Lipinski definition) is 4. The van der Waals surface area contributed by atoms with Crippen LogP contribution in [0.4, 0.5) is 0 Å². The molecule has 0 radical (unpaired) electrons. The van der Waals surface area contributed by atoms with Gasteiger partial charge in [0.2, 0.25) is 5.75 Å². The molecule has 0 saturated carbocycles. The third-order valence-electron chi connectivity index (χ3n) is 23.7. The Balaban J connectivity index is 0.000000165. The van der Waals surface area contributed by atoms with Crippen LogP contribution in [0.5, 0.6) is 34.5 Å². The van der Waals surface area contributed by atoms with Crippen molar-refractivity contribution in [2.45, 2.75) is 224 Å². The molecular weight excluding hydrogens is 1240 g/mol. The van der Waals surface area contributed by atoms with Crippen LogP contribution in [0.15, 0.2) is 60.7 Å². The van der Waals surface area contributed by atoms with Crippen molar-refractivity contribution in [2.75, 3.05) is 95.9 Å². The molecule has 0 aliphatic heterocycles. The number of aliphatic hydroxyl groups excluding tert-OH is 4. The van der Waals surface area contributed by atoms with Gasteiger partial charge in [-0.2, -0.15) is 0 Å². The fourth-order valence-corrected chi connectivity index (χ4v) is 19.6. The van der Waals surface area contributed by atoms with Crippen molar-refractivity contribution < 1.29 is 67.8 Å². The fourth-order valence-electron chi connectivity index (χ4n) is 19.6. The smallest absolute Gasteiger partial charge is 0.203 e. The van der Waals surface area contributed by atoms with Crippen molar-refractivity contribution in [1.29, 1.82) is 0 Å². The highest BCUT2D eigenvalue weighted by Crippen LogP contribution is 2.70. The Hall–Kier alpha value is -6.20. The quantitative estimate of drug-likeness (QED) is 0.0373. The number of fused-ring (bicyclic) bond motifs is 12. The summed E-state index contributed by atoms with van der Waals surface area (Å²) in [5.74, 6) is 4.03. The van der Waals surface area contributed by atoms with Gasteiger partial charge in [0.05, 0.1) is 68.1 Å². The first-order valence-corrected chi connectivity index (χ1v) is 35.7. The minimum absolute atomic E-state index is 0.0511. The number of ether oxygens (including phenoxy) is 10. The Labute approximate surface area is 591 Å². The van der Waals surface area contributed by atoms with E-state index in [-0.39, 0.29) is 70.1 Å². The van der Waals surface area contributed by atoms with Gasteiger partial charge in [0.1, 0.15) is 32.5 Å². The van der Waals surface area contributed by atoms with Crippen molar-refractivity contribution in [3.05, 3.63) is 172 Å². The summed E-state index contributed by atoms with van der Waals surface area (Å²) in [5.41, 5.74) is 25.2. The molecule has 6 aliphatic carbocycles. The third kappa shape index (κ3) is 13.1. The van der Waals surface area contributed by atoms with Crippen molar-refractivity contribution in [1.82, 2.24) is 0 Å². The van der Waals surface area contributed by atoms with Gasteiger partial charge in [-0.1, -0.05) is 126 Å². The number of aryl methyl sites for hydroxylation is 4. The van der Waals surface area contributed by atoms with E-state index in [4.69, 9.17) is 47.4 Å². The molecule has 0 amide bonds. The maximum absolute atomic E-state index is 10.3. The minimum atomic E-state index is -0.411. The number of methoxy groups -OCH3 is 6. The first-order chi connectivity index (χ1) is 46.7. The Kier molecular flexibility index (Phi) is 21.5. The molecule has 2 unspecified atom stereocenters. The van der Waals surface area contributed by atoms with E-state index in [1.54, 1.807) is 64.9 Å². The Morgan fingerprint density at radius 2 is 0.636 bits per heavy atom. The second kappa shape index (κ2) is 28.2. The molecule has 0 fully saturated rings. The molecule has 540 valence electrons. The third-order valence-corrected chi connectivity index (χ3v) is 23.7. The average molecular weight is 1360 g/mol. The van der Waals surface area contributed by atoms with Crippen LogP contribution >= 0.6 is 0 Å². The highest BCUT2D eigenvalue weighted by Gasteiger charge is 2.62. The van der Waals surface area contributed by atoms with E-state index in [0.717, 1.165) is 53.9 Å². The van der Waals surface area contributed by atoms with E-state index >= 15 is 0 Å². The van der Waals surface area contributed by atoms with Crippen molar-refractivity contribution >= 4 is 0 Å². The zero-order valence-corrected chi connectivity index (χ0v) is 63.9. The normalized spacial score (nSPS) is 20.9. The van der Waals surface area contributed by atoms with Crippen molar-refractivity contribution in [3.63, 3.8) is 0 Å². The van der Waals surface area contributed by atoms with Crippen LogP contribution in [0.1, 0.15) is 233 Å². The fraction of sp³-hybridized carbons (Fsp3) is 0.576. The van der Waals surface area contributed by atoms with Crippen LogP contribution in [0.2, 0.25) is 0 Å². The maximum Gasteiger partial charge on any atom is 0.203 e. The monoisotopic (exact) mass is 1360 g/mol. The first kappa shape index (κ1) is 75.5. The van der Waals surface area contributed by atoms with Gasteiger partial charge in [0.15, 0.2) is 23.0 Å². The van der Waals surface area contributed by atoms with E-state index in [1.165, 1.54) is 74.0 Å². The molecule has 3 spiro atoms. The lowest BCUT2D eigenvalue weighted by Crippen LogP contribution is -2.28. The van der Waals surface area contributed by atoms with Gasteiger partial charge >= 0.3 is 0 Å². The summed E-state index contributed by atoms with van der Waals surface area (Å²) in [6.45, 7) is 38.9. The molecule has 4 N–H and O–H groups in total. The summed E-state index contributed by atoms with van der Waals surface area (Å²) in [6.07, 6.45) is 7.50. The number of rotatable bonds is 22. The molecule has 0 heterocycles. The molecule has 6 aromatic carbocycles. The van der Waals surface area contributed by atoms with Gasteiger partial charge in [0.25, 0.3) is 0 Å². The lowest BCUT2D eigenvalue weighted by molar-refractivity contribution is -0.00154. The molecular formula is C85H116O14. The summed E-state index contributed by atoms with van der Waals surface area (Å²) >= 11 is 0. The highest BCUT2D eigenvalue weighted by atomic mass is 16.6. The van der Waals surface area contributed by atoms with Crippen LogP contribution in [0.25, 0.3) is 0 Å². The predicted molar refractivity (Wildman–Crippen MR) is 392 cm³/mol. The molecule has 0 saturated heterocycles. The standard InChI is InChI=1S/C33H48O8.C27H36O6.C25H32/c1-31(2)19-33(27-16-24(8-10-39-22-35)23(15-25(27)31)7-9-38-21-34)20-32(3,4)26-17-29(40-13-11-36-5)30(18-28(26)33)41-14-12-37-6;1-25(2)13-27(20-17(25)9-15(11-28)16(12-29)22(20)31-6)14-26(3,4)18-10-19(30-5)23(32-7)24(33-8)21(18)27;1-15-9-19-21(11-17(15)3)25(13-23(19,5)6)14-24(7,8)20-10-16(2)18(4)12-22(20)25/h15-18,34-35H,7-14,19-22H2,1-6H3;9-10,28-29H,11-14H2,1-8H3;9-12H,13-14H2,1-8H3. The first-order valence-electron chi connectivity index (χ1n) is 35.7. The van der Waals surface area contributed by atoms with Crippen LogP contribution < -0.4 is 28.4 Å².